The Kier molecular flexibility index (Phi) is 2.49. The van der Waals surface area contributed by atoms with Crippen LogP contribution in [0.5, 0.6) is 0 Å². The molecule has 1 aromatic rings. The second kappa shape index (κ2) is 3.35. The molecule has 0 amide bonds. The molecule has 0 spiro atoms. The molecule has 1 saturated heterocycles. The third-order valence-electron chi connectivity index (χ3n) is 2.00. The van der Waals surface area contributed by atoms with E-state index in [1.165, 1.54) is 4.88 Å². The van der Waals surface area contributed by atoms with Crippen LogP contribution >= 0.6 is 27.3 Å². The molecule has 1 fully saturated rings. The minimum absolute atomic E-state index is 0.0405. The fourth-order valence-corrected chi connectivity index (χ4v) is 2.80. The number of hydrogen-bond acceptors (Lipinski definition) is 3. The molecule has 0 radical (unpaired) electrons. The van der Waals surface area contributed by atoms with Crippen LogP contribution < -0.4 is 5.32 Å². The first-order chi connectivity index (χ1) is 6.07. The van der Waals surface area contributed by atoms with Crippen LogP contribution in [-0.2, 0) is 4.74 Å². The zero-order chi connectivity index (χ0) is 9.47. The summed E-state index contributed by atoms with van der Waals surface area (Å²) < 4.78 is 6.98. The molecule has 4 heteroatoms. The van der Waals surface area contributed by atoms with E-state index in [2.05, 4.69) is 47.2 Å². The van der Waals surface area contributed by atoms with E-state index in [1.54, 1.807) is 11.3 Å². The lowest BCUT2D eigenvalue weighted by molar-refractivity contribution is -0.0139. The molecule has 1 aliphatic heterocycles. The number of rotatable bonds is 1. The van der Waals surface area contributed by atoms with Gasteiger partial charge in [-0.15, -0.1) is 11.3 Å². The maximum absolute atomic E-state index is 5.83. The molecule has 1 unspecified atom stereocenters. The van der Waals surface area contributed by atoms with Gasteiger partial charge in [-0.1, -0.05) is 0 Å². The van der Waals surface area contributed by atoms with E-state index < -0.39 is 0 Å². The third-order valence-corrected chi connectivity index (χ3v) is 3.67. The van der Waals surface area contributed by atoms with Crippen LogP contribution in [0.4, 0.5) is 0 Å². The van der Waals surface area contributed by atoms with Gasteiger partial charge in [-0.2, -0.15) is 0 Å². The minimum atomic E-state index is -0.0405. The van der Waals surface area contributed by atoms with Gasteiger partial charge in [0, 0.05) is 11.4 Å². The van der Waals surface area contributed by atoms with Gasteiger partial charge < -0.3 is 4.74 Å². The van der Waals surface area contributed by atoms with E-state index in [4.69, 9.17) is 4.74 Å². The predicted octanol–water partition coefficient (Wildman–Crippen LogP) is 2.91. The molecule has 1 N–H and O–H groups in total. The van der Waals surface area contributed by atoms with Gasteiger partial charge in [0.1, 0.15) is 6.23 Å². The SMILES string of the molecule is CC1(C)CNC(c2ccc(Br)s2)O1. The van der Waals surface area contributed by atoms with Gasteiger partial charge in [0.2, 0.25) is 0 Å². The van der Waals surface area contributed by atoms with Gasteiger partial charge >= 0.3 is 0 Å². The quantitative estimate of drug-likeness (QED) is 0.840. The number of hydrogen-bond donors (Lipinski definition) is 1. The van der Waals surface area contributed by atoms with Crippen molar-refractivity contribution in [1.29, 1.82) is 0 Å². The molecule has 0 aliphatic carbocycles. The summed E-state index contributed by atoms with van der Waals surface area (Å²) in [5, 5.41) is 3.34. The van der Waals surface area contributed by atoms with Crippen molar-refractivity contribution in [1.82, 2.24) is 5.32 Å². The fourth-order valence-electron chi connectivity index (χ4n) is 1.37. The number of halogens is 1. The topological polar surface area (TPSA) is 21.3 Å². The van der Waals surface area contributed by atoms with Crippen molar-refractivity contribution in [2.24, 2.45) is 0 Å². The Morgan fingerprint density at radius 2 is 2.38 bits per heavy atom. The zero-order valence-electron chi connectivity index (χ0n) is 7.63. The number of ether oxygens (including phenoxy) is 1. The summed E-state index contributed by atoms with van der Waals surface area (Å²) in [7, 11) is 0. The van der Waals surface area contributed by atoms with Crippen molar-refractivity contribution < 1.29 is 4.74 Å². The van der Waals surface area contributed by atoms with E-state index in [0.29, 0.717) is 0 Å². The molecule has 72 valence electrons. The Morgan fingerprint density at radius 1 is 1.62 bits per heavy atom. The Bertz CT molecular complexity index is 310. The van der Waals surface area contributed by atoms with E-state index in [-0.39, 0.29) is 11.8 Å². The molecule has 13 heavy (non-hydrogen) atoms. The monoisotopic (exact) mass is 261 g/mol. The lowest BCUT2D eigenvalue weighted by atomic mass is 10.1. The van der Waals surface area contributed by atoms with Crippen molar-refractivity contribution in [2.75, 3.05) is 6.54 Å². The summed E-state index contributed by atoms with van der Waals surface area (Å²) >= 11 is 5.16. The average Bonchev–Trinajstić information content (AvgIpc) is 2.56. The molecule has 0 saturated carbocycles. The predicted molar refractivity (Wildman–Crippen MR) is 57.9 cm³/mol. The lowest BCUT2D eigenvalue weighted by Gasteiger charge is -2.16. The summed E-state index contributed by atoms with van der Waals surface area (Å²) in [4.78, 5) is 1.23. The number of thiophene rings is 1. The van der Waals surface area contributed by atoms with Crippen LogP contribution in [-0.4, -0.2) is 12.1 Å². The standard InChI is InChI=1S/C9H12BrNOS/c1-9(2)5-11-8(12-9)6-3-4-7(10)13-6/h3-4,8,11H,5H2,1-2H3. The molecule has 2 nitrogen and oxygen atoms in total. The highest BCUT2D eigenvalue weighted by molar-refractivity contribution is 9.11. The molecular formula is C9H12BrNOS. The molecule has 2 heterocycles. The Labute approximate surface area is 90.4 Å². The zero-order valence-corrected chi connectivity index (χ0v) is 10.0. The fraction of sp³-hybridized carbons (Fsp3) is 0.556. The summed E-state index contributed by atoms with van der Waals surface area (Å²) in [6.45, 7) is 5.11. The average molecular weight is 262 g/mol. The highest BCUT2D eigenvalue weighted by Crippen LogP contribution is 2.33. The minimum Gasteiger partial charge on any atom is -0.351 e. The maximum Gasteiger partial charge on any atom is 0.144 e. The summed E-state index contributed by atoms with van der Waals surface area (Å²) in [5.41, 5.74) is -0.0405. The van der Waals surface area contributed by atoms with Crippen molar-refractivity contribution in [2.45, 2.75) is 25.7 Å². The van der Waals surface area contributed by atoms with E-state index in [9.17, 15) is 0 Å². The molecule has 1 atom stereocenters. The second-order valence-electron chi connectivity index (χ2n) is 3.78. The first-order valence-electron chi connectivity index (χ1n) is 4.23. The third kappa shape index (κ3) is 2.13. The highest BCUT2D eigenvalue weighted by atomic mass is 79.9. The van der Waals surface area contributed by atoms with Gasteiger partial charge in [0.05, 0.1) is 9.39 Å². The van der Waals surface area contributed by atoms with Crippen molar-refractivity contribution in [3.63, 3.8) is 0 Å². The maximum atomic E-state index is 5.83. The highest BCUT2D eigenvalue weighted by Gasteiger charge is 2.32. The van der Waals surface area contributed by atoms with Gasteiger partial charge in [-0.3, -0.25) is 5.32 Å². The van der Waals surface area contributed by atoms with Gasteiger partial charge in [0.25, 0.3) is 0 Å². The molecule has 1 aliphatic rings. The Hall–Kier alpha value is 0.1000. The summed E-state index contributed by atoms with van der Waals surface area (Å²) in [6.07, 6.45) is 0.0753. The summed E-state index contributed by atoms with van der Waals surface area (Å²) in [6, 6.07) is 4.14. The van der Waals surface area contributed by atoms with E-state index in [0.717, 1.165) is 10.3 Å². The van der Waals surface area contributed by atoms with E-state index in [1.807, 2.05) is 0 Å². The van der Waals surface area contributed by atoms with Crippen LogP contribution in [0.1, 0.15) is 25.0 Å². The molecule has 1 aromatic heterocycles. The molecule has 2 rings (SSSR count). The van der Waals surface area contributed by atoms with Crippen LogP contribution in [0.3, 0.4) is 0 Å². The largest absolute Gasteiger partial charge is 0.351 e. The number of nitrogens with one attached hydrogen (secondary N) is 1. The lowest BCUT2D eigenvalue weighted by Crippen LogP contribution is -2.23. The van der Waals surface area contributed by atoms with Crippen LogP contribution in [0.15, 0.2) is 15.9 Å². The second-order valence-corrected chi connectivity index (χ2v) is 6.27. The molecule has 0 bridgehead atoms. The van der Waals surface area contributed by atoms with Crippen LogP contribution in [0, 0.1) is 0 Å². The summed E-state index contributed by atoms with van der Waals surface area (Å²) in [5.74, 6) is 0. The first-order valence-corrected chi connectivity index (χ1v) is 5.84. The van der Waals surface area contributed by atoms with Gasteiger partial charge in [-0.05, 0) is 41.9 Å². The van der Waals surface area contributed by atoms with Crippen LogP contribution in [0.25, 0.3) is 0 Å². The van der Waals surface area contributed by atoms with Gasteiger partial charge in [-0.25, -0.2) is 0 Å². The Morgan fingerprint density at radius 3 is 2.85 bits per heavy atom. The first kappa shape index (κ1) is 9.65. The van der Waals surface area contributed by atoms with Crippen molar-refractivity contribution in [3.05, 3.63) is 20.8 Å². The van der Waals surface area contributed by atoms with Crippen LogP contribution in [0.2, 0.25) is 0 Å². The van der Waals surface area contributed by atoms with Crippen molar-refractivity contribution in [3.8, 4) is 0 Å². The van der Waals surface area contributed by atoms with Crippen molar-refractivity contribution >= 4 is 27.3 Å². The Balaban J connectivity index is 2.12. The normalized spacial score (nSPS) is 26.5. The van der Waals surface area contributed by atoms with E-state index >= 15 is 0 Å². The molecular weight excluding hydrogens is 250 g/mol. The van der Waals surface area contributed by atoms with Gasteiger partial charge in [0.15, 0.2) is 0 Å². The smallest absolute Gasteiger partial charge is 0.144 e. The molecule has 0 aromatic carbocycles.